The van der Waals surface area contributed by atoms with Gasteiger partial charge in [0.15, 0.2) is 0 Å². The Hall–Kier alpha value is -0.610. The number of aliphatic carboxylic acids is 1. The molecule has 4 N–H and O–H groups in total. The van der Waals surface area contributed by atoms with E-state index in [0.717, 1.165) is 32.1 Å². The fourth-order valence-electron chi connectivity index (χ4n) is 3.33. The third-order valence-corrected chi connectivity index (χ3v) is 4.21. The number of nitrogens with two attached hydrogens (primary N) is 1. The quantitative estimate of drug-likeness (QED) is 0.663. The summed E-state index contributed by atoms with van der Waals surface area (Å²) in [5.74, 6) is -0.360. The lowest BCUT2D eigenvalue weighted by molar-refractivity contribution is -0.143. The number of carbonyl (C=O) groups is 1. The maximum atomic E-state index is 11.1. The van der Waals surface area contributed by atoms with Crippen LogP contribution in [0.2, 0.25) is 0 Å². The maximum Gasteiger partial charge on any atom is 0.321 e. The zero-order valence-electron chi connectivity index (χ0n) is 10.7. The number of hydrogen-bond acceptors (Lipinski definition) is 3. The molecule has 1 aliphatic rings. The minimum absolute atomic E-state index is 0.0276. The van der Waals surface area contributed by atoms with Crippen molar-refractivity contribution >= 4 is 5.97 Å². The first-order valence-corrected chi connectivity index (χ1v) is 6.65. The summed E-state index contributed by atoms with van der Waals surface area (Å²) in [6, 6.07) is -0.839. The van der Waals surface area contributed by atoms with Crippen LogP contribution in [0.25, 0.3) is 0 Å². The Bertz CT molecular complexity index is 251. The van der Waals surface area contributed by atoms with E-state index >= 15 is 0 Å². The molecule has 3 atom stereocenters. The molecule has 0 spiro atoms. The highest BCUT2D eigenvalue weighted by molar-refractivity contribution is 5.74. The lowest BCUT2D eigenvalue weighted by Gasteiger charge is -2.43. The van der Waals surface area contributed by atoms with Gasteiger partial charge in [0.1, 0.15) is 6.04 Å². The molecule has 0 aliphatic heterocycles. The summed E-state index contributed by atoms with van der Waals surface area (Å²) in [6.45, 7) is 2.18. The summed E-state index contributed by atoms with van der Waals surface area (Å²) in [4.78, 5) is 11.1. The van der Waals surface area contributed by atoms with Crippen molar-refractivity contribution in [2.24, 2.45) is 17.1 Å². The number of hydrogen-bond donors (Lipinski definition) is 3. The van der Waals surface area contributed by atoms with E-state index in [1.165, 1.54) is 6.42 Å². The van der Waals surface area contributed by atoms with E-state index in [1.54, 1.807) is 0 Å². The topological polar surface area (TPSA) is 83.5 Å². The van der Waals surface area contributed by atoms with Crippen molar-refractivity contribution in [2.75, 3.05) is 6.61 Å². The summed E-state index contributed by atoms with van der Waals surface area (Å²) in [6.07, 6.45) is 6.68. The molecule has 4 heteroatoms. The Kier molecular flexibility index (Phi) is 5.40. The molecular formula is C13H25NO3. The second-order valence-corrected chi connectivity index (χ2v) is 5.40. The van der Waals surface area contributed by atoms with E-state index < -0.39 is 17.4 Å². The van der Waals surface area contributed by atoms with Gasteiger partial charge in [0.25, 0.3) is 0 Å². The van der Waals surface area contributed by atoms with Crippen molar-refractivity contribution < 1.29 is 15.0 Å². The molecule has 0 saturated heterocycles. The minimum atomic E-state index is -0.935. The predicted octanol–water partition coefficient (Wildman–Crippen LogP) is 1.76. The molecule has 1 rings (SSSR count). The van der Waals surface area contributed by atoms with Gasteiger partial charge in [-0.3, -0.25) is 4.79 Å². The van der Waals surface area contributed by atoms with Crippen LogP contribution in [0.4, 0.5) is 0 Å². The molecule has 1 saturated carbocycles. The number of aliphatic hydroxyl groups is 1. The van der Waals surface area contributed by atoms with Gasteiger partial charge in [0, 0.05) is 6.61 Å². The van der Waals surface area contributed by atoms with Crippen LogP contribution in [0.3, 0.4) is 0 Å². The number of carboxylic acid groups (broad SMARTS) is 1. The summed E-state index contributed by atoms with van der Waals surface area (Å²) < 4.78 is 0. The molecule has 2 unspecified atom stereocenters. The van der Waals surface area contributed by atoms with Gasteiger partial charge in [0.2, 0.25) is 0 Å². The zero-order chi connectivity index (χ0) is 12.9. The molecule has 100 valence electrons. The average molecular weight is 243 g/mol. The highest BCUT2D eigenvalue weighted by atomic mass is 16.4. The maximum absolute atomic E-state index is 11.1. The molecule has 0 amide bonds. The van der Waals surface area contributed by atoms with Crippen molar-refractivity contribution in [3.8, 4) is 0 Å². The van der Waals surface area contributed by atoms with E-state index in [9.17, 15) is 9.90 Å². The Balaban J connectivity index is 2.79. The molecule has 0 bridgehead atoms. The van der Waals surface area contributed by atoms with E-state index in [4.69, 9.17) is 10.8 Å². The SMILES string of the molecule is CCCC1CCCC(CCO)([C@H](N)C(=O)O)C1. The standard InChI is InChI=1S/C13H25NO3/c1-2-4-10-5-3-6-13(9-10,7-8-15)11(14)12(16)17/h10-11,15H,2-9,14H2,1H3,(H,16,17)/t10?,11-,13?/m1/s1. The van der Waals surface area contributed by atoms with Crippen LogP contribution >= 0.6 is 0 Å². The van der Waals surface area contributed by atoms with Crippen molar-refractivity contribution in [2.45, 2.75) is 57.9 Å². The first-order chi connectivity index (χ1) is 8.05. The van der Waals surface area contributed by atoms with Gasteiger partial charge in [0.05, 0.1) is 0 Å². The highest BCUT2D eigenvalue weighted by Gasteiger charge is 2.43. The smallest absolute Gasteiger partial charge is 0.321 e. The minimum Gasteiger partial charge on any atom is -0.480 e. The van der Waals surface area contributed by atoms with Gasteiger partial charge >= 0.3 is 5.97 Å². The molecular weight excluding hydrogens is 218 g/mol. The first kappa shape index (κ1) is 14.5. The fraction of sp³-hybridized carbons (Fsp3) is 0.923. The van der Waals surface area contributed by atoms with E-state index in [0.29, 0.717) is 12.3 Å². The zero-order valence-corrected chi connectivity index (χ0v) is 10.7. The summed E-state index contributed by atoms with van der Waals surface area (Å²) >= 11 is 0. The van der Waals surface area contributed by atoms with Gasteiger partial charge in [-0.25, -0.2) is 0 Å². The van der Waals surface area contributed by atoms with Gasteiger partial charge in [-0.05, 0) is 30.6 Å². The van der Waals surface area contributed by atoms with Crippen molar-refractivity contribution in [3.05, 3.63) is 0 Å². The summed E-state index contributed by atoms with van der Waals surface area (Å²) in [5, 5.41) is 18.3. The normalized spacial score (nSPS) is 31.1. The van der Waals surface area contributed by atoms with Gasteiger partial charge in [-0.15, -0.1) is 0 Å². The third-order valence-electron chi connectivity index (χ3n) is 4.21. The molecule has 0 aromatic carbocycles. The Labute approximate surface area is 103 Å². The van der Waals surface area contributed by atoms with Gasteiger partial charge in [-0.2, -0.15) is 0 Å². The molecule has 0 aromatic rings. The van der Waals surface area contributed by atoms with Gasteiger partial charge < -0.3 is 15.9 Å². The van der Waals surface area contributed by atoms with E-state index in [-0.39, 0.29) is 6.61 Å². The molecule has 0 heterocycles. The second-order valence-electron chi connectivity index (χ2n) is 5.40. The Morgan fingerprint density at radius 1 is 1.59 bits per heavy atom. The molecule has 1 fully saturated rings. The van der Waals surface area contributed by atoms with Crippen LogP contribution in [-0.2, 0) is 4.79 Å². The Morgan fingerprint density at radius 3 is 2.82 bits per heavy atom. The number of carboxylic acids is 1. The van der Waals surface area contributed by atoms with E-state index in [2.05, 4.69) is 6.92 Å². The van der Waals surface area contributed by atoms with Crippen LogP contribution in [0, 0.1) is 11.3 Å². The van der Waals surface area contributed by atoms with Gasteiger partial charge in [-0.1, -0.05) is 32.6 Å². The Morgan fingerprint density at radius 2 is 2.29 bits per heavy atom. The number of rotatable bonds is 6. The van der Waals surface area contributed by atoms with E-state index in [1.807, 2.05) is 0 Å². The first-order valence-electron chi connectivity index (χ1n) is 6.65. The lowest BCUT2D eigenvalue weighted by Crippen LogP contribution is -2.50. The summed E-state index contributed by atoms with van der Waals surface area (Å²) in [7, 11) is 0. The third kappa shape index (κ3) is 3.42. The van der Waals surface area contributed by atoms with Crippen molar-refractivity contribution in [3.63, 3.8) is 0 Å². The van der Waals surface area contributed by atoms with Crippen LogP contribution in [0.1, 0.15) is 51.9 Å². The van der Waals surface area contributed by atoms with Crippen molar-refractivity contribution in [1.82, 2.24) is 0 Å². The monoisotopic (exact) mass is 243 g/mol. The molecule has 1 aliphatic carbocycles. The van der Waals surface area contributed by atoms with Crippen LogP contribution in [0.15, 0.2) is 0 Å². The van der Waals surface area contributed by atoms with Crippen LogP contribution in [0.5, 0.6) is 0 Å². The van der Waals surface area contributed by atoms with Crippen molar-refractivity contribution in [1.29, 1.82) is 0 Å². The summed E-state index contributed by atoms with van der Waals surface area (Å²) in [5.41, 5.74) is 5.47. The van der Waals surface area contributed by atoms with Crippen LogP contribution in [-0.4, -0.2) is 28.8 Å². The van der Waals surface area contributed by atoms with Crippen LogP contribution < -0.4 is 5.73 Å². The molecule has 17 heavy (non-hydrogen) atoms. The molecule has 4 nitrogen and oxygen atoms in total. The predicted molar refractivity (Wildman–Crippen MR) is 66.6 cm³/mol. The number of aliphatic hydroxyl groups excluding tert-OH is 1. The molecule has 0 radical (unpaired) electrons. The highest BCUT2D eigenvalue weighted by Crippen LogP contribution is 2.45. The molecule has 0 aromatic heterocycles. The average Bonchev–Trinajstić information content (AvgIpc) is 2.29. The fourth-order valence-corrected chi connectivity index (χ4v) is 3.33. The largest absolute Gasteiger partial charge is 0.480 e. The second kappa shape index (κ2) is 6.36. The lowest BCUT2D eigenvalue weighted by atomic mass is 9.63.